The Bertz CT molecular complexity index is 1680. The van der Waals surface area contributed by atoms with Crippen LogP contribution in [-0.2, 0) is 0 Å². The Morgan fingerprint density at radius 2 is 1.38 bits per heavy atom. The molecule has 0 spiro atoms. The van der Waals surface area contributed by atoms with Gasteiger partial charge in [-0.15, -0.1) is 0 Å². The van der Waals surface area contributed by atoms with Gasteiger partial charge in [0.25, 0.3) is 0 Å². The Balaban J connectivity index is 0.839. The fourth-order valence-corrected chi connectivity index (χ4v) is 13.6. The van der Waals surface area contributed by atoms with E-state index in [4.69, 9.17) is 0 Å². The highest BCUT2D eigenvalue weighted by atomic mass is 15.2. The van der Waals surface area contributed by atoms with Gasteiger partial charge in [-0.25, -0.2) is 0 Å². The predicted octanol–water partition coefficient (Wildman–Crippen LogP) is 16.2. The molecule has 6 atom stereocenters. The third-order valence-corrected chi connectivity index (χ3v) is 17.6. The number of anilines is 1. The summed E-state index contributed by atoms with van der Waals surface area (Å²) in [7, 11) is 0. The van der Waals surface area contributed by atoms with Crippen LogP contribution in [0.5, 0.6) is 0 Å². The molecule has 328 valence electrons. The normalized spacial score (nSPS) is 33.4. The zero-order valence-electron chi connectivity index (χ0n) is 39.0. The lowest BCUT2D eigenvalue weighted by molar-refractivity contribution is 0.165. The van der Waals surface area contributed by atoms with Crippen molar-refractivity contribution in [3.8, 4) is 0 Å². The van der Waals surface area contributed by atoms with Crippen molar-refractivity contribution >= 4 is 5.69 Å². The van der Waals surface area contributed by atoms with Crippen LogP contribution in [-0.4, -0.2) is 29.1 Å². The number of benzene rings is 1. The minimum Gasteiger partial charge on any atom is -0.365 e. The van der Waals surface area contributed by atoms with Gasteiger partial charge in [0.1, 0.15) is 0 Å². The first-order valence-corrected chi connectivity index (χ1v) is 26.1. The number of rotatable bonds is 14. The van der Waals surface area contributed by atoms with Gasteiger partial charge in [-0.2, -0.15) is 0 Å². The Morgan fingerprint density at radius 1 is 0.633 bits per heavy atom. The zero-order valence-corrected chi connectivity index (χ0v) is 39.0. The fourth-order valence-electron chi connectivity index (χ4n) is 13.6. The van der Waals surface area contributed by atoms with Crippen LogP contribution < -0.4 is 4.90 Å². The first-order chi connectivity index (χ1) is 29.3. The van der Waals surface area contributed by atoms with E-state index in [9.17, 15) is 0 Å². The molecule has 7 aliphatic carbocycles. The molecule has 0 amide bonds. The van der Waals surface area contributed by atoms with Crippen LogP contribution in [0.25, 0.3) is 0 Å². The number of aryl methyl sites for hydroxylation is 1. The minimum atomic E-state index is 0.511. The lowest BCUT2D eigenvalue weighted by Crippen LogP contribution is -2.46. The molecule has 8 rings (SSSR count). The van der Waals surface area contributed by atoms with Crippen molar-refractivity contribution in [2.45, 2.75) is 212 Å². The van der Waals surface area contributed by atoms with Crippen molar-refractivity contribution < 1.29 is 0 Å². The molecule has 1 aromatic rings. The maximum Gasteiger partial charge on any atom is 0.0513 e. The van der Waals surface area contributed by atoms with Crippen LogP contribution in [0.1, 0.15) is 187 Å². The summed E-state index contributed by atoms with van der Waals surface area (Å²) in [5.74, 6) is 5.94. The van der Waals surface area contributed by atoms with Gasteiger partial charge >= 0.3 is 0 Å². The summed E-state index contributed by atoms with van der Waals surface area (Å²) in [5, 5.41) is 0. The molecule has 0 heterocycles. The van der Waals surface area contributed by atoms with Gasteiger partial charge < -0.3 is 9.80 Å². The highest BCUT2D eigenvalue weighted by Crippen LogP contribution is 2.46. The molecule has 0 saturated heterocycles. The molecule has 2 nitrogen and oxygen atoms in total. The molecule has 6 unspecified atom stereocenters. The molecular formula is C58H86N2. The van der Waals surface area contributed by atoms with Crippen molar-refractivity contribution in [2.24, 2.45) is 41.4 Å². The molecule has 7 aliphatic rings. The lowest BCUT2D eigenvalue weighted by Gasteiger charge is -2.46. The predicted molar refractivity (Wildman–Crippen MR) is 259 cm³/mol. The third kappa shape index (κ3) is 10.9. The molecule has 1 aromatic carbocycles. The van der Waals surface area contributed by atoms with E-state index in [1.54, 1.807) is 16.8 Å². The zero-order chi connectivity index (χ0) is 41.4. The topological polar surface area (TPSA) is 6.48 Å². The minimum absolute atomic E-state index is 0.511. The maximum absolute atomic E-state index is 4.29. The Kier molecular flexibility index (Phi) is 15.4. The van der Waals surface area contributed by atoms with E-state index in [1.165, 1.54) is 177 Å². The summed E-state index contributed by atoms with van der Waals surface area (Å²) in [4.78, 5) is 5.83. The molecule has 60 heavy (non-hydrogen) atoms. The summed E-state index contributed by atoms with van der Waals surface area (Å²) in [6.07, 6.45) is 52.1. The van der Waals surface area contributed by atoms with Crippen LogP contribution in [0.15, 0.2) is 95.8 Å². The van der Waals surface area contributed by atoms with Gasteiger partial charge in [0, 0.05) is 29.5 Å². The van der Waals surface area contributed by atoms with E-state index in [2.05, 4.69) is 111 Å². The first kappa shape index (κ1) is 43.9. The van der Waals surface area contributed by atoms with Crippen LogP contribution in [0, 0.1) is 48.3 Å². The van der Waals surface area contributed by atoms with Gasteiger partial charge in [-0.05, 0) is 201 Å². The van der Waals surface area contributed by atoms with Gasteiger partial charge in [-0.1, -0.05) is 124 Å². The SMILES string of the molecule is C=C1CCC(C2=CCC(N(c3ccc(C)cc3)C3CCC(C4CCC(C5=CCC(N(C6=CCC(C(C)CCCCC)CC6)C6C=CC(C)CC6)C=C5)CC4)CC3)CC2)CC1. The average Bonchev–Trinajstić information content (AvgIpc) is 3.29. The van der Waals surface area contributed by atoms with Crippen molar-refractivity contribution in [3.63, 3.8) is 0 Å². The van der Waals surface area contributed by atoms with Gasteiger partial charge in [0.15, 0.2) is 0 Å². The second kappa shape index (κ2) is 21.1. The van der Waals surface area contributed by atoms with Crippen LogP contribution in [0.2, 0.25) is 0 Å². The number of hydrogen-bond acceptors (Lipinski definition) is 2. The van der Waals surface area contributed by atoms with E-state index in [0.29, 0.717) is 24.2 Å². The molecule has 0 N–H and O–H groups in total. The number of allylic oxidation sites excluding steroid dienone is 7. The quantitative estimate of drug-likeness (QED) is 0.136. The molecule has 0 aromatic heterocycles. The summed E-state index contributed by atoms with van der Waals surface area (Å²) >= 11 is 0. The molecular weight excluding hydrogens is 725 g/mol. The number of hydrogen-bond donors (Lipinski definition) is 0. The maximum atomic E-state index is 4.29. The van der Waals surface area contributed by atoms with Gasteiger partial charge in [0.05, 0.1) is 6.04 Å². The van der Waals surface area contributed by atoms with Crippen LogP contribution in [0.4, 0.5) is 5.69 Å². The fraction of sp³-hybridized carbons (Fsp3) is 0.690. The second-order valence-corrected chi connectivity index (χ2v) is 21.6. The van der Waals surface area contributed by atoms with Gasteiger partial charge in [-0.3, -0.25) is 0 Å². The Morgan fingerprint density at radius 3 is 2.00 bits per heavy atom. The molecule has 0 radical (unpaired) electrons. The molecule has 0 aliphatic heterocycles. The van der Waals surface area contributed by atoms with Crippen LogP contribution in [0.3, 0.4) is 0 Å². The van der Waals surface area contributed by atoms with E-state index >= 15 is 0 Å². The second-order valence-electron chi connectivity index (χ2n) is 21.6. The van der Waals surface area contributed by atoms with Crippen molar-refractivity contribution in [3.05, 3.63) is 101 Å². The summed E-state index contributed by atoms with van der Waals surface area (Å²) in [6.45, 7) is 13.8. The smallest absolute Gasteiger partial charge is 0.0513 e. The lowest BCUT2D eigenvalue weighted by atomic mass is 9.68. The van der Waals surface area contributed by atoms with Gasteiger partial charge in [0.2, 0.25) is 0 Å². The molecule has 2 heteroatoms. The summed E-state index contributed by atoms with van der Waals surface area (Å²) < 4.78 is 0. The number of nitrogens with zero attached hydrogens (tertiary/aromatic N) is 2. The van der Waals surface area contributed by atoms with Crippen molar-refractivity contribution in [2.75, 3.05) is 4.90 Å². The average molecular weight is 811 g/mol. The van der Waals surface area contributed by atoms with E-state index in [0.717, 1.165) is 41.4 Å². The van der Waals surface area contributed by atoms with E-state index in [1.807, 2.05) is 0 Å². The van der Waals surface area contributed by atoms with E-state index in [-0.39, 0.29) is 0 Å². The van der Waals surface area contributed by atoms with Crippen LogP contribution >= 0.6 is 0 Å². The summed E-state index contributed by atoms with van der Waals surface area (Å²) in [5.41, 5.74) is 9.45. The molecule has 0 bridgehead atoms. The van der Waals surface area contributed by atoms with E-state index < -0.39 is 0 Å². The number of unbranched alkanes of at least 4 members (excludes halogenated alkanes) is 2. The summed E-state index contributed by atoms with van der Waals surface area (Å²) in [6, 6.07) is 12.0. The van der Waals surface area contributed by atoms with Crippen molar-refractivity contribution in [1.82, 2.24) is 4.90 Å². The largest absolute Gasteiger partial charge is 0.365 e. The third-order valence-electron chi connectivity index (χ3n) is 17.6. The Labute approximate surface area is 369 Å². The first-order valence-electron chi connectivity index (χ1n) is 26.1. The molecule has 3 fully saturated rings. The monoisotopic (exact) mass is 811 g/mol. The van der Waals surface area contributed by atoms with Crippen molar-refractivity contribution in [1.29, 1.82) is 0 Å². The highest BCUT2D eigenvalue weighted by Gasteiger charge is 2.37. The highest BCUT2D eigenvalue weighted by molar-refractivity contribution is 5.50. The standard InChI is InChI=1S/C58H86N2/c1-6-7-8-9-45(5)46-22-34-55(35-23-46)59(53-30-12-43(3)13-31-53)56-38-26-51(27-39-56)48-18-20-49(21-19-48)52-28-40-58(41-29-52)60(54-32-14-44(4)15-33-54)57-36-24-50(25-37-57)47-16-10-42(2)11-17-47/h12,14-15,24,26-27,30,32-34,38,43,45-49,52-53,56-58H,2,6-11,13,16-23,25,28-29,31,35-37,39-41H2,1,3-5H3. The molecule has 3 saturated carbocycles. The Hall–Kier alpha value is -2.74.